The average molecular weight is 709 g/mol. The Morgan fingerprint density at radius 1 is 0.780 bits per heavy atom. The lowest BCUT2D eigenvalue weighted by Crippen LogP contribution is -2.58. The number of ether oxygens (including phenoxy) is 2. The summed E-state index contributed by atoms with van der Waals surface area (Å²) < 4.78 is 10.1. The Morgan fingerprint density at radius 3 is 2.02 bits per heavy atom. The number of hydrogen-bond donors (Lipinski definition) is 6. The molecule has 0 radical (unpaired) electrons. The number of hydrogen-bond acceptors (Lipinski definition) is 9. The molecule has 0 saturated heterocycles. The molecule has 2 amide bonds. The molecule has 0 aromatic heterocycles. The second-order valence-electron chi connectivity index (χ2n) is 16.6. The van der Waals surface area contributed by atoms with Crippen molar-refractivity contribution in [1.29, 1.82) is 0 Å². The van der Waals surface area contributed by atoms with E-state index in [1.807, 2.05) is 0 Å². The third-order valence-electron chi connectivity index (χ3n) is 13.3. The summed E-state index contributed by atoms with van der Waals surface area (Å²) in [5, 5.41) is 45.3. The first-order chi connectivity index (χ1) is 23.5. The minimum absolute atomic E-state index is 0.0239. The normalized spacial score (nSPS) is 35.0. The van der Waals surface area contributed by atoms with Crippen LogP contribution in [0.3, 0.4) is 0 Å². The number of aliphatic hydroxyl groups excluding tert-OH is 2. The van der Waals surface area contributed by atoms with Gasteiger partial charge in [-0.15, -0.1) is 0 Å². The van der Waals surface area contributed by atoms with E-state index in [2.05, 4.69) is 31.4 Å². The molecule has 4 aliphatic carbocycles. The number of carboxylic acid groups (broad SMARTS) is 2. The number of carboxylic acids is 2. The molecule has 7 unspecified atom stereocenters. The zero-order valence-electron chi connectivity index (χ0n) is 30.4. The molecule has 4 saturated carbocycles. The molecule has 0 aliphatic heterocycles. The van der Waals surface area contributed by atoms with Crippen LogP contribution in [0.25, 0.3) is 0 Å². The first kappa shape index (κ1) is 39.8. The van der Waals surface area contributed by atoms with Crippen molar-refractivity contribution in [3.05, 3.63) is 0 Å². The molecule has 50 heavy (non-hydrogen) atoms. The largest absolute Gasteiger partial charge is 0.480 e. The predicted molar refractivity (Wildman–Crippen MR) is 181 cm³/mol. The molecule has 0 aromatic rings. The summed E-state index contributed by atoms with van der Waals surface area (Å²) in [5.41, 5.74) is -0.0417. The fourth-order valence-corrected chi connectivity index (χ4v) is 10.6. The lowest BCUT2D eigenvalue weighted by molar-refractivity contribution is -0.175. The van der Waals surface area contributed by atoms with Gasteiger partial charge in [0.2, 0.25) is 6.79 Å². The Balaban J connectivity index is 1.19. The Labute approximate surface area is 295 Å². The summed E-state index contributed by atoms with van der Waals surface area (Å²) >= 11 is 0. The summed E-state index contributed by atoms with van der Waals surface area (Å²) in [7, 11) is 0. The van der Waals surface area contributed by atoms with E-state index in [0.717, 1.165) is 51.4 Å². The molecule has 4 aliphatic rings. The number of nitrogens with one attached hydrogen (secondary N) is 2. The standard InChI is InChI=1S/C37H60N2O11/c1-20(2)16-29(34(46)47)39-35(48)38-28(33(44)45)11-13-32(43)50-19-49-31(42)12-6-21(3)25-9-10-26-24-8-7-22-17-23(40)14-15-36(22,4)27(24)18-30(41)37(25,26)5/h20-30,40-41H,6-19H2,1-5H3,(H,44,45)(H,46,47)(H2,38,39,48)/t21?,22?,23-,24?,25-,26?,27?,28?,29?,30+,36+,37-/m1/s1. The minimum Gasteiger partial charge on any atom is -0.480 e. The fraction of sp³-hybridized carbons (Fsp3) is 0.865. The molecule has 0 bridgehead atoms. The van der Waals surface area contributed by atoms with Crippen molar-refractivity contribution >= 4 is 29.9 Å². The molecule has 12 atom stereocenters. The van der Waals surface area contributed by atoms with Gasteiger partial charge in [-0.05, 0) is 123 Å². The van der Waals surface area contributed by atoms with Crippen LogP contribution in [0.4, 0.5) is 4.79 Å². The quantitative estimate of drug-likeness (QED) is 0.103. The van der Waals surface area contributed by atoms with Crippen molar-refractivity contribution in [3.8, 4) is 0 Å². The van der Waals surface area contributed by atoms with Gasteiger partial charge in [-0.3, -0.25) is 9.59 Å². The Kier molecular flexibility index (Phi) is 13.2. The number of amides is 2. The molecule has 0 heterocycles. The highest BCUT2D eigenvalue weighted by molar-refractivity contribution is 5.86. The van der Waals surface area contributed by atoms with Gasteiger partial charge in [-0.25, -0.2) is 14.4 Å². The van der Waals surface area contributed by atoms with Gasteiger partial charge in [0, 0.05) is 12.8 Å². The van der Waals surface area contributed by atoms with Gasteiger partial charge in [0.05, 0.1) is 12.2 Å². The lowest BCUT2D eigenvalue weighted by Gasteiger charge is -2.62. The Bertz CT molecular complexity index is 1240. The molecular weight excluding hydrogens is 648 g/mol. The summed E-state index contributed by atoms with van der Waals surface area (Å²) in [5.74, 6) is -1.53. The van der Waals surface area contributed by atoms with Crippen molar-refractivity contribution in [3.63, 3.8) is 0 Å². The van der Waals surface area contributed by atoms with Gasteiger partial charge < -0.3 is 40.5 Å². The van der Waals surface area contributed by atoms with Gasteiger partial charge in [0.25, 0.3) is 0 Å². The molecule has 0 aromatic carbocycles. The van der Waals surface area contributed by atoms with E-state index in [1.165, 1.54) is 0 Å². The number of urea groups is 1. The number of rotatable bonds is 15. The summed E-state index contributed by atoms with van der Waals surface area (Å²) in [6.45, 7) is 9.78. The van der Waals surface area contributed by atoms with Crippen molar-refractivity contribution in [2.24, 2.45) is 52.3 Å². The molecule has 0 spiro atoms. The van der Waals surface area contributed by atoms with Crippen molar-refractivity contribution in [1.82, 2.24) is 10.6 Å². The molecular formula is C37H60N2O11. The highest BCUT2D eigenvalue weighted by atomic mass is 16.7. The number of aliphatic hydroxyl groups is 2. The maximum absolute atomic E-state index is 12.6. The first-order valence-electron chi connectivity index (χ1n) is 18.7. The van der Waals surface area contributed by atoms with Crippen molar-refractivity contribution in [2.45, 2.75) is 142 Å². The topological polar surface area (TPSA) is 209 Å². The van der Waals surface area contributed by atoms with Gasteiger partial charge in [-0.1, -0.05) is 34.6 Å². The average Bonchev–Trinajstić information content (AvgIpc) is 3.40. The third kappa shape index (κ3) is 8.92. The van der Waals surface area contributed by atoms with Crippen LogP contribution in [0, 0.1) is 52.3 Å². The van der Waals surface area contributed by atoms with Crippen LogP contribution in [-0.4, -0.2) is 81.4 Å². The van der Waals surface area contributed by atoms with Crippen molar-refractivity contribution < 1.29 is 53.9 Å². The van der Waals surface area contributed by atoms with Crippen LogP contribution in [0.5, 0.6) is 0 Å². The Morgan fingerprint density at radius 2 is 1.40 bits per heavy atom. The van der Waals surface area contributed by atoms with E-state index in [1.54, 1.807) is 13.8 Å². The zero-order chi connectivity index (χ0) is 37.0. The minimum atomic E-state index is -1.47. The summed E-state index contributed by atoms with van der Waals surface area (Å²) in [6, 6.07) is -3.64. The van der Waals surface area contributed by atoms with Gasteiger partial charge >= 0.3 is 29.9 Å². The third-order valence-corrected chi connectivity index (χ3v) is 13.3. The summed E-state index contributed by atoms with van der Waals surface area (Å²) in [4.78, 5) is 60.0. The van der Waals surface area contributed by atoms with Crippen LogP contribution in [0.1, 0.15) is 118 Å². The fourth-order valence-electron chi connectivity index (χ4n) is 10.6. The Hall–Kier alpha value is -2.93. The molecule has 13 heteroatoms. The molecule has 4 rings (SSSR count). The SMILES string of the molecule is CC(C)CC(NC(=O)NC(CCC(=O)OCOC(=O)CCC(C)[C@H]1CCC2C3CCC4C[C@H](O)CC[C@]4(C)C3C[C@H](O)[C@@]21C)C(=O)O)C(=O)O. The second-order valence-corrected chi connectivity index (χ2v) is 16.6. The van der Waals surface area contributed by atoms with E-state index < -0.39 is 54.9 Å². The summed E-state index contributed by atoms with van der Waals surface area (Å²) in [6.07, 6.45) is 7.53. The van der Waals surface area contributed by atoms with E-state index in [9.17, 15) is 44.4 Å². The number of carbonyl (C=O) groups excluding carboxylic acids is 3. The van der Waals surface area contributed by atoms with Crippen molar-refractivity contribution in [2.75, 3.05) is 6.79 Å². The van der Waals surface area contributed by atoms with E-state index >= 15 is 0 Å². The lowest BCUT2D eigenvalue weighted by atomic mass is 9.43. The highest BCUT2D eigenvalue weighted by Crippen LogP contribution is 2.68. The molecule has 284 valence electrons. The monoisotopic (exact) mass is 708 g/mol. The molecule has 4 fully saturated rings. The van der Waals surface area contributed by atoms with E-state index in [4.69, 9.17) is 9.47 Å². The highest BCUT2D eigenvalue weighted by Gasteiger charge is 2.63. The first-order valence-corrected chi connectivity index (χ1v) is 18.7. The smallest absolute Gasteiger partial charge is 0.326 e. The number of fused-ring (bicyclic) bond motifs is 5. The van der Waals surface area contributed by atoms with Crippen LogP contribution in [0.2, 0.25) is 0 Å². The van der Waals surface area contributed by atoms with Gasteiger partial charge in [0.1, 0.15) is 12.1 Å². The maximum Gasteiger partial charge on any atom is 0.326 e. The van der Waals surface area contributed by atoms with Crippen LogP contribution in [0.15, 0.2) is 0 Å². The zero-order valence-corrected chi connectivity index (χ0v) is 30.4. The maximum atomic E-state index is 12.6. The van der Waals surface area contributed by atoms with E-state index in [0.29, 0.717) is 30.1 Å². The molecule has 13 nitrogen and oxygen atoms in total. The number of esters is 2. The molecule has 6 N–H and O–H groups in total. The number of aliphatic carboxylic acids is 2. The van der Waals surface area contributed by atoms with Crippen LogP contribution >= 0.6 is 0 Å². The predicted octanol–water partition coefficient (Wildman–Crippen LogP) is 4.47. The van der Waals surface area contributed by atoms with Crippen LogP contribution < -0.4 is 10.6 Å². The van der Waals surface area contributed by atoms with Crippen LogP contribution in [-0.2, 0) is 28.7 Å². The van der Waals surface area contributed by atoms with Gasteiger partial charge in [0.15, 0.2) is 0 Å². The second kappa shape index (κ2) is 16.6. The van der Waals surface area contributed by atoms with Gasteiger partial charge in [-0.2, -0.15) is 0 Å². The number of carbonyl (C=O) groups is 5. The van der Waals surface area contributed by atoms with E-state index in [-0.39, 0.29) is 60.4 Å².